The van der Waals surface area contributed by atoms with Gasteiger partial charge in [0.1, 0.15) is 5.56 Å². The van der Waals surface area contributed by atoms with Crippen LogP contribution >= 0.6 is 0 Å². The van der Waals surface area contributed by atoms with Crippen LogP contribution in [0, 0.1) is 5.41 Å². The molecule has 5 nitrogen and oxygen atoms in total. The molecule has 0 bridgehead atoms. The summed E-state index contributed by atoms with van der Waals surface area (Å²) in [6.07, 6.45) is -1.22. The summed E-state index contributed by atoms with van der Waals surface area (Å²) in [4.78, 5) is 11.3. The number of aromatic amines is 1. The second-order valence-electron chi connectivity index (χ2n) is 8.04. The molecular formula is C20H22F3N5. The lowest BCUT2D eigenvalue weighted by atomic mass is 9.83. The Morgan fingerprint density at radius 3 is 2.75 bits per heavy atom. The molecule has 1 atom stereocenters. The van der Waals surface area contributed by atoms with Gasteiger partial charge < -0.3 is 15.6 Å². The molecule has 1 fully saturated rings. The van der Waals surface area contributed by atoms with Crippen LogP contribution in [0.1, 0.15) is 25.8 Å². The summed E-state index contributed by atoms with van der Waals surface area (Å²) in [6.45, 7) is 5.92. The highest BCUT2D eigenvalue weighted by Crippen LogP contribution is 2.38. The van der Waals surface area contributed by atoms with E-state index in [1.165, 1.54) is 0 Å². The number of hydrogen-bond acceptors (Lipinski definition) is 4. The van der Waals surface area contributed by atoms with Crippen molar-refractivity contribution in [3.63, 3.8) is 0 Å². The monoisotopic (exact) mass is 389 g/mol. The lowest BCUT2D eigenvalue weighted by molar-refractivity contribution is -0.137. The van der Waals surface area contributed by atoms with Crippen molar-refractivity contribution in [2.45, 2.75) is 32.5 Å². The minimum atomic E-state index is -4.54. The molecule has 148 valence electrons. The van der Waals surface area contributed by atoms with E-state index in [0.717, 1.165) is 31.2 Å². The van der Waals surface area contributed by atoms with Crippen molar-refractivity contribution in [1.82, 2.24) is 20.3 Å². The van der Waals surface area contributed by atoms with Crippen LogP contribution < -0.4 is 10.6 Å². The van der Waals surface area contributed by atoms with Gasteiger partial charge in [0.15, 0.2) is 0 Å². The van der Waals surface area contributed by atoms with E-state index in [1.54, 1.807) is 18.3 Å². The standard InChI is InChI=1S/C20H22F3N5/c1-19(2)7-12(8-24-11-19)27-18-26-10-15(20(21,22)23)17(28-18)14-9-25-16-6-4-3-5-13(14)16/h3-6,9-10,12,24-25H,7-8,11H2,1-2H3,(H,26,27,28)/t12-/m0/s1. The summed E-state index contributed by atoms with van der Waals surface area (Å²) >= 11 is 0. The molecular weight excluding hydrogens is 367 g/mol. The Kier molecular flexibility index (Phi) is 4.53. The van der Waals surface area contributed by atoms with Gasteiger partial charge in [0.2, 0.25) is 5.95 Å². The minimum absolute atomic E-state index is 0.0521. The third kappa shape index (κ3) is 3.69. The molecule has 0 spiro atoms. The van der Waals surface area contributed by atoms with Gasteiger partial charge in [-0.1, -0.05) is 32.0 Å². The molecule has 1 saturated heterocycles. The molecule has 0 unspecified atom stereocenters. The molecule has 0 amide bonds. The maximum absolute atomic E-state index is 13.6. The Labute approximate surface area is 160 Å². The largest absolute Gasteiger partial charge is 0.419 e. The maximum Gasteiger partial charge on any atom is 0.419 e. The number of para-hydroxylation sites is 1. The van der Waals surface area contributed by atoms with Gasteiger partial charge in [-0.3, -0.25) is 0 Å². The highest BCUT2D eigenvalue weighted by atomic mass is 19.4. The number of hydrogen-bond donors (Lipinski definition) is 3. The molecule has 8 heteroatoms. The number of rotatable bonds is 3. The van der Waals surface area contributed by atoms with Crippen LogP contribution in [0.4, 0.5) is 19.1 Å². The summed E-state index contributed by atoms with van der Waals surface area (Å²) in [7, 11) is 0. The summed E-state index contributed by atoms with van der Waals surface area (Å²) in [6, 6.07) is 7.28. The molecule has 1 aliphatic heterocycles. The smallest absolute Gasteiger partial charge is 0.360 e. The van der Waals surface area contributed by atoms with Crippen LogP contribution in [0.2, 0.25) is 0 Å². The van der Waals surface area contributed by atoms with E-state index in [1.807, 2.05) is 12.1 Å². The SMILES string of the molecule is CC1(C)CNC[C@@H](Nc2ncc(C(F)(F)F)c(-c3c[nH]c4ccccc34)n2)C1. The van der Waals surface area contributed by atoms with Crippen LogP contribution in [0.5, 0.6) is 0 Å². The predicted octanol–water partition coefficient (Wildman–Crippen LogP) is 4.44. The quantitative estimate of drug-likeness (QED) is 0.620. The third-order valence-electron chi connectivity index (χ3n) is 5.07. The van der Waals surface area contributed by atoms with Crippen molar-refractivity contribution >= 4 is 16.9 Å². The normalized spacial score (nSPS) is 19.7. The number of halogens is 3. The van der Waals surface area contributed by atoms with Gasteiger partial charge in [0.05, 0.1) is 5.69 Å². The number of benzene rings is 1. The number of nitrogens with zero attached hydrogens (tertiary/aromatic N) is 2. The lowest BCUT2D eigenvalue weighted by Crippen LogP contribution is -2.47. The van der Waals surface area contributed by atoms with Gasteiger partial charge in [-0.15, -0.1) is 0 Å². The molecule has 3 aromatic rings. The highest BCUT2D eigenvalue weighted by Gasteiger charge is 2.36. The highest BCUT2D eigenvalue weighted by molar-refractivity contribution is 5.95. The molecule has 1 aliphatic rings. The molecule has 0 radical (unpaired) electrons. The molecule has 3 heterocycles. The molecule has 1 aromatic carbocycles. The predicted molar refractivity (Wildman–Crippen MR) is 103 cm³/mol. The van der Waals surface area contributed by atoms with Crippen molar-refractivity contribution in [2.75, 3.05) is 18.4 Å². The van der Waals surface area contributed by atoms with Crippen molar-refractivity contribution in [1.29, 1.82) is 0 Å². The van der Waals surface area contributed by atoms with E-state index >= 15 is 0 Å². The van der Waals surface area contributed by atoms with Crippen LogP contribution in [0.25, 0.3) is 22.2 Å². The topological polar surface area (TPSA) is 65.6 Å². The Balaban J connectivity index is 1.74. The van der Waals surface area contributed by atoms with E-state index in [-0.39, 0.29) is 23.1 Å². The van der Waals surface area contributed by atoms with Crippen LogP contribution in [-0.4, -0.2) is 34.1 Å². The van der Waals surface area contributed by atoms with E-state index in [9.17, 15) is 13.2 Å². The molecule has 2 aromatic heterocycles. The summed E-state index contributed by atoms with van der Waals surface area (Å²) < 4.78 is 40.8. The van der Waals surface area contributed by atoms with E-state index in [0.29, 0.717) is 10.9 Å². The van der Waals surface area contributed by atoms with E-state index < -0.39 is 11.7 Å². The van der Waals surface area contributed by atoms with Gasteiger partial charge >= 0.3 is 6.18 Å². The first-order valence-corrected chi connectivity index (χ1v) is 9.21. The molecule has 3 N–H and O–H groups in total. The van der Waals surface area contributed by atoms with Crippen molar-refractivity contribution in [3.8, 4) is 11.3 Å². The van der Waals surface area contributed by atoms with Gasteiger partial charge in [-0.2, -0.15) is 13.2 Å². The van der Waals surface area contributed by atoms with Gasteiger partial charge in [0, 0.05) is 48.0 Å². The maximum atomic E-state index is 13.6. The molecule has 0 aliphatic carbocycles. The molecule has 28 heavy (non-hydrogen) atoms. The Morgan fingerprint density at radius 2 is 2.00 bits per heavy atom. The Bertz CT molecular complexity index is 993. The average Bonchev–Trinajstić information content (AvgIpc) is 3.04. The summed E-state index contributed by atoms with van der Waals surface area (Å²) in [5.41, 5.74) is 0.310. The number of anilines is 1. The number of aromatic nitrogens is 3. The summed E-state index contributed by atoms with van der Waals surface area (Å²) in [5.74, 6) is 0.206. The van der Waals surface area contributed by atoms with Crippen molar-refractivity contribution in [3.05, 3.63) is 42.2 Å². The number of nitrogens with one attached hydrogen (secondary N) is 3. The Morgan fingerprint density at radius 1 is 1.21 bits per heavy atom. The lowest BCUT2D eigenvalue weighted by Gasteiger charge is -2.36. The number of piperidine rings is 1. The first-order valence-electron chi connectivity index (χ1n) is 9.21. The van der Waals surface area contributed by atoms with Crippen molar-refractivity contribution in [2.24, 2.45) is 5.41 Å². The fraction of sp³-hybridized carbons (Fsp3) is 0.400. The zero-order valence-electron chi connectivity index (χ0n) is 15.7. The second-order valence-corrected chi connectivity index (χ2v) is 8.04. The minimum Gasteiger partial charge on any atom is -0.360 e. The Hall–Kier alpha value is -2.61. The second kappa shape index (κ2) is 6.77. The third-order valence-corrected chi connectivity index (χ3v) is 5.07. The fourth-order valence-electron chi connectivity index (χ4n) is 3.81. The number of H-pyrrole nitrogens is 1. The van der Waals surface area contributed by atoms with Crippen molar-refractivity contribution < 1.29 is 13.2 Å². The molecule has 0 saturated carbocycles. The average molecular weight is 389 g/mol. The summed E-state index contributed by atoms with van der Waals surface area (Å²) in [5, 5.41) is 7.24. The van der Waals surface area contributed by atoms with Crippen LogP contribution in [0.3, 0.4) is 0 Å². The van der Waals surface area contributed by atoms with E-state index in [2.05, 4.69) is 39.4 Å². The van der Waals surface area contributed by atoms with Gasteiger partial charge in [-0.05, 0) is 17.9 Å². The fourth-order valence-corrected chi connectivity index (χ4v) is 3.81. The number of alkyl halides is 3. The van der Waals surface area contributed by atoms with Gasteiger partial charge in [0.25, 0.3) is 0 Å². The zero-order valence-corrected chi connectivity index (χ0v) is 15.7. The first-order chi connectivity index (χ1) is 13.2. The van der Waals surface area contributed by atoms with E-state index in [4.69, 9.17) is 0 Å². The zero-order chi connectivity index (χ0) is 19.9. The number of fused-ring (bicyclic) bond motifs is 1. The molecule has 4 rings (SSSR count). The first kappa shape index (κ1) is 18.7. The van der Waals surface area contributed by atoms with Crippen LogP contribution in [-0.2, 0) is 6.18 Å². The van der Waals surface area contributed by atoms with Crippen LogP contribution in [0.15, 0.2) is 36.7 Å². The van der Waals surface area contributed by atoms with Gasteiger partial charge in [-0.25, -0.2) is 9.97 Å².